The van der Waals surface area contributed by atoms with Crippen LogP contribution in [0.25, 0.3) is 0 Å². The van der Waals surface area contributed by atoms with E-state index in [0.717, 1.165) is 6.42 Å². The van der Waals surface area contributed by atoms with E-state index in [1.54, 1.807) is 26.2 Å². The molecule has 1 aliphatic heterocycles. The van der Waals surface area contributed by atoms with Crippen LogP contribution in [0, 0.1) is 5.92 Å². The molecular formula is C14H19ClN2O3S. The molecule has 1 amide bonds. The summed E-state index contributed by atoms with van der Waals surface area (Å²) in [5.41, 5.74) is 0. The second-order valence-electron chi connectivity index (χ2n) is 5.39. The van der Waals surface area contributed by atoms with Crippen LogP contribution in [-0.4, -0.2) is 50.7 Å². The minimum atomic E-state index is -3.60. The van der Waals surface area contributed by atoms with Crippen LogP contribution in [0.3, 0.4) is 0 Å². The van der Waals surface area contributed by atoms with Crippen molar-refractivity contribution in [3.8, 4) is 0 Å². The first kappa shape index (κ1) is 16.3. The third-order valence-corrected chi connectivity index (χ3v) is 5.70. The van der Waals surface area contributed by atoms with Gasteiger partial charge >= 0.3 is 0 Å². The van der Waals surface area contributed by atoms with Gasteiger partial charge in [0.05, 0.1) is 10.8 Å². The molecule has 5 nitrogen and oxygen atoms in total. The van der Waals surface area contributed by atoms with Gasteiger partial charge in [0.25, 0.3) is 0 Å². The van der Waals surface area contributed by atoms with E-state index in [9.17, 15) is 13.2 Å². The quantitative estimate of drug-likeness (QED) is 0.849. The summed E-state index contributed by atoms with van der Waals surface area (Å²) in [7, 11) is -0.224. The summed E-state index contributed by atoms with van der Waals surface area (Å²) in [6.07, 6.45) is 1.41. The molecule has 1 heterocycles. The fraction of sp³-hybridized carbons (Fsp3) is 0.500. The Bertz CT molecular complexity index is 631. The van der Waals surface area contributed by atoms with Crippen LogP contribution in [0.1, 0.15) is 12.8 Å². The van der Waals surface area contributed by atoms with Gasteiger partial charge in [-0.05, 0) is 31.0 Å². The van der Waals surface area contributed by atoms with E-state index in [-0.39, 0.29) is 23.3 Å². The van der Waals surface area contributed by atoms with Crippen LogP contribution in [0.5, 0.6) is 0 Å². The van der Waals surface area contributed by atoms with Gasteiger partial charge in [0.1, 0.15) is 0 Å². The molecule has 0 spiro atoms. The number of carbonyl (C=O) groups excluding carboxylic acids is 1. The fourth-order valence-electron chi connectivity index (χ4n) is 2.50. The van der Waals surface area contributed by atoms with Gasteiger partial charge in [-0.1, -0.05) is 17.7 Å². The number of benzene rings is 1. The van der Waals surface area contributed by atoms with E-state index in [4.69, 9.17) is 11.6 Å². The molecule has 1 aliphatic rings. The molecule has 1 atom stereocenters. The fourth-order valence-corrected chi connectivity index (χ4v) is 4.33. The lowest BCUT2D eigenvalue weighted by Crippen LogP contribution is -2.45. The monoisotopic (exact) mass is 330 g/mol. The summed E-state index contributed by atoms with van der Waals surface area (Å²) in [4.78, 5) is 13.7. The van der Waals surface area contributed by atoms with E-state index in [1.807, 2.05) is 0 Å². The van der Waals surface area contributed by atoms with Crippen LogP contribution in [0.2, 0.25) is 5.02 Å². The zero-order valence-corrected chi connectivity index (χ0v) is 13.7. The second kappa shape index (κ2) is 6.34. The van der Waals surface area contributed by atoms with Gasteiger partial charge in [0.2, 0.25) is 15.9 Å². The Morgan fingerprint density at radius 2 is 2.10 bits per heavy atom. The number of hydrogen-bond acceptors (Lipinski definition) is 3. The Morgan fingerprint density at radius 1 is 1.38 bits per heavy atom. The highest BCUT2D eigenvalue weighted by molar-refractivity contribution is 7.89. The van der Waals surface area contributed by atoms with Gasteiger partial charge in [-0.3, -0.25) is 4.79 Å². The van der Waals surface area contributed by atoms with Crippen molar-refractivity contribution in [1.29, 1.82) is 0 Å². The maximum absolute atomic E-state index is 12.6. The maximum atomic E-state index is 12.6. The van der Waals surface area contributed by atoms with Gasteiger partial charge in [-0.25, -0.2) is 8.42 Å². The van der Waals surface area contributed by atoms with Crippen LogP contribution in [0.15, 0.2) is 29.2 Å². The van der Waals surface area contributed by atoms with Crippen LogP contribution >= 0.6 is 11.6 Å². The molecule has 1 aromatic rings. The smallest absolute Gasteiger partial charge is 0.243 e. The largest absolute Gasteiger partial charge is 0.349 e. The van der Waals surface area contributed by atoms with Crippen molar-refractivity contribution in [1.82, 2.24) is 9.21 Å². The zero-order valence-electron chi connectivity index (χ0n) is 12.1. The van der Waals surface area contributed by atoms with Crippen molar-refractivity contribution >= 4 is 27.5 Å². The van der Waals surface area contributed by atoms with Crippen molar-refractivity contribution < 1.29 is 13.2 Å². The molecular weight excluding hydrogens is 312 g/mol. The molecule has 0 aliphatic carbocycles. The summed E-state index contributed by atoms with van der Waals surface area (Å²) >= 11 is 5.87. The standard InChI is InChI=1S/C14H19ClN2O3S/c1-16(2)14(18)11-5-4-8-17(10-11)21(19,20)13-7-3-6-12(15)9-13/h3,6-7,9,11H,4-5,8,10H2,1-2H3/t11-/m1/s1. The summed E-state index contributed by atoms with van der Waals surface area (Å²) < 4.78 is 26.6. The van der Waals surface area contributed by atoms with Gasteiger partial charge in [0, 0.05) is 32.2 Å². The average Bonchev–Trinajstić information content (AvgIpc) is 2.46. The maximum Gasteiger partial charge on any atom is 0.243 e. The van der Waals surface area contributed by atoms with E-state index < -0.39 is 10.0 Å². The summed E-state index contributed by atoms with van der Waals surface area (Å²) in [5.74, 6) is -0.302. The van der Waals surface area contributed by atoms with Gasteiger partial charge in [-0.2, -0.15) is 4.31 Å². The second-order valence-corrected chi connectivity index (χ2v) is 7.77. The molecule has 0 unspecified atom stereocenters. The number of halogens is 1. The Hall–Kier alpha value is -1.11. The van der Waals surface area contributed by atoms with E-state index in [1.165, 1.54) is 21.3 Å². The van der Waals surface area contributed by atoms with E-state index in [0.29, 0.717) is 18.0 Å². The first-order valence-electron chi connectivity index (χ1n) is 6.79. The number of amides is 1. The van der Waals surface area contributed by atoms with E-state index >= 15 is 0 Å². The molecule has 0 aromatic heterocycles. The van der Waals surface area contributed by atoms with Crippen molar-refractivity contribution in [2.24, 2.45) is 5.92 Å². The van der Waals surface area contributed by atoms with E-state index in [2.05, 4.69) is 0 Å². The third-order valence-electron chi connectivity index (χ3n) is 3.61. The average molecular weight is 331 g/mol. The Kier molecular flexibility index (Phi) is 4.91. The number of hydrogen-bond donors (Lipinski definition) is 0. The Labute approximate surface area is 130 Å². The summed E-state index contributed by atoms with van der Waals surface area (Å²) in [6.45, 7) is 0.665. The minimum Gasteiger partial charge on any atom is -0.349 e. The molecule has 0 radical (unpaired) electrons. The molecule has 7 heteroatoms. The highest BCUT2D eigenvalue weighted by Gasteiger charge is 2.33. The lowest BCUT2D eigenvalue weighted by Gasteiger charge is -2.32. The molecule has 116 valence electrons. The number of nitrogens with zero attached hydrogens (tertiary/aromatic N) is 2. The third kappa shape index (κ3) is 3.56. The molecule has 1 aromatic carbocycles. The van der Waals surface area contributed by atoms with Crippen molar-refractivity contribution in [3.05, 3.63) is 29.3 Å². The molecule has 1 saturated heterocycles. The molecule has 2 rings (SSSR count). The zero-order chi connectivity index (χ0) is 15.6. The van der Waals surface area contributed by atoms with Crippen molar-refractivity contribution in [2.75, 3.05) is 27.2 Å². The summed E-state index contributed by atoms with van der Waals surface area (Å²) in [5, 5.41) is 0.383. The predicted octanol–water partition coefficient (Wildman–Crippen LogP) is 1.83. The van der Waals surface area contributed by atoms with Crippen LogP contribution < -0.4 is 0 Å². The first-order valence-corrected chi connectivity index (χ1v) is 8.61. The normalized spacial score (nSPS) is 20.2. The van der Waals surface area contributed by atoms with Crippen LogP contribution in [-0.2, 0) is 14.8 Å². The van der Waals surface area contributed by atoms with Gasteiger partial charge < -0.3 is 4.90 Å². The number of rotatable bonds is 3. The molecule has 0 N–H and O–H groups in total. The number of carbonyl (C=O) groups is 1. The number of piperidine rings is 1. The van der Waals surface area contributed by atoms with Crippen molar-refractivity contribution in [2.45, 2.75) is 17.7 Å². The predicted molar refractivity (Wildman–Crippen MR) is 81.6 cm³/mol. The minimum absolute atomic E-state index is 0.0269. The lowest BCUT2D eigenvalue weighted by atomic mass is 9.98. The number of sulfonamides is 1. The Balaban J connectivity index is 2.22. The molecule has 1 fully saturated rings. The lowest BCUT2D eigenvalue weighted by molar-refractivity contribution is -0.134. The summed E-state index contributed by atoms with van der Waals surface area (Å²) in [6, 6.07) is 6.21. The van der Waals surface area contributed by atoms with Gasteiger partial charge in [0.15, 0.2) is 0 Å². The molecule has 21 heavy (non-hydrogen) atoms. The van der Waals surface area contributed by atoms with Crippen molar-refractivity contribution in [3.63, 3.8) is 0 Å². The van der Waals surface area contributed by atoms with Crippen LogP contribution in [0.4, 0.5) is 0 Å². The topological polar surface area (TPSA) is 57.7 Å². The molecule has 0 saturated carbocycles. The van der Waals surface area contributed by atoms with Gasteiger partial charge in [-0.15, -0.1) is 0 Å². The first-order chi connectivity index (χ1) is 9.82. The SMILES string of the molecule is CN(C)C(=O)[C@@H]1CCCN(S(=O)(=O)c2cccc(Cl)c2)C1. The highest BCUT2D eigenvalue weighted by atomic mass is 35.5. The Morgan fingerprint density at radius 3 is 2.71 bits per heavy atom. The molecule has 0 bridgehead atoms. The highest BCUT2D eigenvalue weighted by Crippen LogP contribution is 2.25.